The first-order valence-electron chi connectivity index (χ1n) is 8.00. The lowest BCUT2D eigenvalue weighted by Crippen LogP contribution is -2.14. The van der Waals surface area contributed by atoms with Crippen LogP contribution in [0, 0.1) is 13.8 Å². The third-order valence-electron chi connectivity index (χ3n) is 4.29. The van der Waals surface area contributed by atoms with Gasteiger partial charge in [0, 0.05) is 23.2 Å². The highest BCUT2D eigenvalue weighted by Crippen LogP contribution is 2.27. The molecule has 4 heterocycles. The highest BCUT2D eigenvalue weighted by atomic mass is 16.5. The molecular formula is C18H13N5O3. The Labute approximate surface area is 146 Å². The lowest BCUT2D eigenvalue weighted by atomic mass is 10.1. The van der Waals surface area contributed by atoms with E-state index in [4.69, 9.17) is 8.94 Å². The number of benzene rings is 1. The van der Waals surface area contributed by atoms with E-state index < -0.39 is 0 Å². The highest BCUT2D eigenvalue weighted by Gasteiger charge is 2.16. The van der Waals surface area contributed by atoms with Crippen molar-refractivity contribution >= 4 is 16.6 Å². The second kappa shape index (κ2) is 5.16. The largest absolute Gasteiger partial charge is 0.444 e. The molecule has 0 atom stereocenters. The van der Waals surface area contributed by atoms with E-state index >= 15 is 0 Å². The van der Waals surface area contributed by atoms with Gasteiger partial charge in [0.2, 0.25) is 5.89 Å². The van der Waals surface area contributed by atoms with Crippen molar-refractivity contribution in [2.24, 2.45) is 0 Å². The Kier molecular flexibility index (Phi) is 2.90. The number of H-pyrrole nitrogens is 1. The summed E-state index contributed by atoms with van der Waals surface area (Å²) in [4.78, 5) is 21.5. The molecule has 0 spiro atoms. The van der Waals surface area contributed by atoms with Crippen molar-refractivity contribution in [2.45, 2.75) is 13.8 Å². The van der Waals surface area contributed by atoms with E-state index in [1.807, 2.05) is 32.0 Å². The fraction of sp³-hybridized carbons (Fsp3) is 0.111. The maximum absolute atomic E-state index is 12.5. The number of hydrogen-bond acceptors (Lipinski definition) is 6. The molecule has 8 heteroatoms. The predicted molar refractivity (Wildman–Crippen MR) is 93.8 cm³/mol. The van der Waals surface area contributed by atoms with Crippen LogP contribution in [-0.2, 0) is 0 Å². The van der Waals surface area contributed by atoms with Gasteiger partial charge >= 0.3 is 0 Å². The van der Waals surface area contributed by atoms with E-state index in [-0.39, 0.29) is 5.56 Å². The highest BCUT2D eigenvalue weighted by molar-refractivity contribution is 5.85. The third-order valence-corrected chi connectivity index (χ3v) is 4.29. The van der Waals surface area contributed by atoms with Crippen LogP contribution in [0.2, 0.25) is 0 Å². The number of rotatable bonds is 2. The van der Waals surface area contributed by atoms with Crippen molar-refractivity contribution < 1.29 is 8.94 Å². The Morgan fingerprint density at radius 3 is 2.85 bits per heavy atom. The van der Waals surface area contributed by atoms with E-state index in [9.17, 15) is 4.79 Å². The molecule has 4 aromatic heterocycles. The zero-order valence-electron chi connectivity index (χ0n) is 14.0. The van der Waals surface area contributed by atoms with Crippen LogP contribution in [0.1, 0.15) is 11.4 Å². The van der Waals surface area contributed by atoms with Crippen molar-refractivity contribution in [3.05, 3.63) is 58.5 Å². The van der Waals surface area contributed by atoms with Crippen molar-refractivity contribution in [3.63, 3.8) is 0 Å². The zero-order valence-corrected chi connectivity index (χ0v) is 14.0. The molecular weight excluding hydrogens is 334 g/mol. The maximum Gasteiger partial charge on any atom is 0.273 e. The van der Waals surface area contributed by atoms with Crippen LogP contribution < -0.4 is 5.56 Å². The lowest BCUT2D eigenvalue weighted by molar-refractivity contribution is 0.450. The summed E-state index contributed by atoms with van der Waals surface area (Å²) in [6, 6.07) is 7.08. The fourth-order valence-corrected chi connectivity index (χ4v) is 2.98. The molecule has 0 fully saturated rings. The molecule has 0 saturated carbocycles. The lowest BCUT2D eigenvalue weighted by Gasteiger charge is -2.02. The minimum absolute atomic E-state index is 0.221. The Hall–Kier alpha value is -3.68. The minimum Gasteiger partial charge on any atom is -0.444 e. The zero-order chi connectivity index (χ0) is 17.8. The van der Waals surface area contributed by atoms with Gasteiger partial charge in [-0.25, -0.2) is 14.5 Å². The van der Waals surface area contributed by atoms with Gasteiger partial charge in [-0.3, -0.25) is 9.89 Å². The standard InChI is InChI=1S/C18H13N5O3/c1-9-8-25-18(20-9)13-7-19-23-16(24)6-14(21-17(13)23)11-3-4-15-12(5-11)10(2)22-26-15/h3-8,19H,1-2H3. The van der Waals surface area contributed by atoms with Crippen molar-refractivity contribution in [1.29, 1.82) is 0 Å². The van der Waals surface area contributed by atoms with E-state index in [1.54, 1.807) is 12.5 Å². The summed E-state index contributed by atoms with van der Waals surface area (Å²) in [5, 5.41) is 7.74. The van der Waals surface area contributed by atoms with Crippen LogP contribution in [0.3, 0.4) is 0 Å². The van der Waals surface area contributed by atoms with E-state index in [0.29, 0.717) is 28.4 Å². The number of aromatic amines is 1. The Bertz CT molecular complexity index is 1340. The molecule has 0 amide bonds. The molecule has 0 unspecified atom stereocenters. The molecule has 0 aliphatic heterocycles. The number of aryl methyl sites for hydroxylation is 2. The Balaban J connectivity index is 1.75. The third kappa shape index (κ3) is 2.08. The monoisotopic (exact) mass is 347 g/mol. The molecule has 0 radical (unpaired) electrons. The Morgan fingerprint density at radius 2 is 2.04 bits per heavy atom. The van der Waals surface area contributed by atoms with E-state index in [0.717, 1.165) is 22.3 Å². The molecule has 0 aliphatic rings. The van der Waals surface area contributed by atoms with E-state index in [2.05, 4.69) is 20.2 Å². The average Bonchev–Trinajstić information content (AvgIpc) is 3.33. The summed E-state index contributed by atoms with van der Waals surface area (Å²) in [6.45, 7) is 3.71. The first-order valence-corrected chi connectivity index (χ1v) is 8.00. The summed E-state index contributed by atoms with van der Waals surface area (Å²) < 4.78 is 12.1. The summed E-state index contributed by atoms with van der Waals surface area (Å²) in [5.74, 6) is 0.413. The maximum atomic E-state index is 12.5. The average molecular weight is 347 g/mol. The van der Waals surface area contributed by atoms with Gasteiger partial charge in [-0.15, -0.1) is 0 Å². The summed E-state index contributed by atoms with van der Waals surface area (Å²) >= 11 is 0. The van der Waals surface area contributed by atoms with Crippen LogP contribution in [0.5, 0.6) is 0 Å². The van der Waals surface area contributed by atoms with Gasteiger partial charge in [-0.05, 0) is 32.0 Å². The second-order valence-corrected chi connectivity index (χ2v) is 6.10. The Morgan fingerprint density at radius 1 is 1.15 bits per heavy atom. The van der Waals surface area contributed by atoms with Gasteiger partial charge in [-0.1, -0.05) is 5.16 Å². The first-order chi connectivity index (χ1) is 12.6. The van der Waals surface area contributed by atoms with Gasteiger partial charge in [0.1, 0.15) is 6.26 Å². The second-order valence-electron chi connectivity index (χ2n) is 6.10. The van der Waals surface area contributed by atoms with Gasteiger partial charge in [0.25, 0.3) is 5.56 Å². The van der Waals surface area contributed by atoms with Crippen molar-refractivity contribution in [2.75, 3.05) is 0 Å². The van der Waals surface area contributed by atoms with Crippen LogP contribution in [-0.4, -0.2) is 24.7 Å². The molecule has 5 aromatic rings. The number of hydrogen-bond donors (Lipinski definition) is 1. The van der Waals surface area contributed by atoms with Crippen molar-refractivity contribution in [3.8, 4) is 22.7 Å². The van der Waals surface area contributed by atoms with E-state index in [1.165, 1.54) is 10.6 Å². The van der Waals surface area contributed by atoms with Crippen LogP contribution in [0.25, 0.3) is 39.3 Å². The normalized spacial score (nSPS) is 11.6. The SMILES string of the molecule is Cc1coc(-c2c[nH]n3c(=O)cc(-c4ccc5onc(C)c5c4)nc23)n1. The molecule has 26 heavy (non-hydrogen) atoms. The topological polar surface area (TPSA) is 102 Å². The first kappa shape index (κ1) is 14.6. The molecule has 0 saturated heterocycles. The van der Waals surface area contributed by atoms with Gasteiger partial charge < -0.3 is 8.94 Å². The summed E-state index contributed by atoms with van der Waals surface area (Å²) in [6.07, 6.45) is 3.22. The molecule has 0 aliphatic carbocycles. The van der Waals surface area contributed by atoms with Crippen LogP contribution >= 0.6 is 0 Å². The molecule has 1 aromatic carbocycles. The number of nitrogens with zero attached hydrogens (tertiary/aromatic N) is 4. The molecule has 8 nitrogen and oxygen atoms in total. The number of nitrogens with one attached hydrogen (secondary N) is 1. The quantitative estimate of drug-likeness (QED) is 0.526. The van der Waals surface area contributed by atoms with Gasteiger partial charge in [0.15, 0.2) is 11.2 Å². The molecule has 0 bridgehead atoms. The van der Waals surface area contributed by atoms with Gasteiger partial charge in [-0.2, -0.15) is 0 Å². The fourth-order valence-electron chi connectivity index (χ4n) is 2.98. The van der Waals surface area contributed by atoms with Crippen molar-refractivity contribution in [1.82, 2.24) is 24.7 Å². The minimum atomic E-state index is -0.221. The summed E-state index contributed by atoms with van der Waals surface area (Å²) in [7, 11) is 0. The number of aromatic nitrogens is 5. The molecule has 128 valence electrons. The smallest absolute Gasteiger partial charge is 0.273 e. The molecule has 5 rings (SSSR count). The van der Waals surface area contributed by atoms with Crippen LogP contribution in [0.4, 0.5) is 0 Å². The number of oxazole rings is 1. The number of fused-ring (bicyclic) bond motifs is 2. The van der Waals surface area contributed by atoms with Gasteiger partial charge in [0.05, 0.1) is 22.6 Å². The molecule has 1 N–H and O–H groups in total. The summed E-state index contributed by atoms with van der Waals surface area (Å²) in [5.41, 5.74) is 4.46. The van der Waals surface area contributed by atoms with Crippen LogP contribution in [0.15, 0.2) is 50.5 Å². The predicted octanol–water partition coefficient (Wildman–Crippen LogP) is 3.10.